The monoisotopic (exact) mass is 274 g/mol. The third kappa shape index (κ3) is 3.20. The van der Waals surface area contributed by atoms with Crippen LogP contribution in [-0.4, -0.2) is 11.8 Å². The number of carbonyl (C=O) groups excluding carboxylic acids is 2. The second-order valence-electron chi connectivity index (χ2n) is 3.95. The van der Waals surface area contributed by atoms with Crippen molar-refractivity contribution in [2.75, 3.05) is 0 Å². The molecular weight excluding hydrogens is 264 g/mol. The van der Waals surface area contributed by atoms with Crippen LogP contribution in [0.4, 0.5) is 0 Å². The molecule has 0 atom stereocenters. The summed E-state index contributed by atoms with van der Waals surface area (Å²) in [6.07, 6.45) is 0. The van der Waals surface area contributed by atoms with Gasteiger partial charge in [-0.25, -0.2) is 4.79 Å². The minimum atomic E-state index is -0.545. The quantitative estimate of drug-likeness (QED) is 0.486. The summed E-state index contributed by atoms with van der Waals surface area (Å²) in [6, 6.07) is 13.1. The predicted molar refractivity (Wildman–Crippen MR) is 72.9 cm³/mol. The van der Waals surface area contributed by atoms with Gasteiger partial charge in [-0.2, -0.15) is 0 Å². The molecule has 0 spiro atoms. The molecule has 0 saturated carbocycles. The highest BCUT2D eigenvalue weighted by Gasteiger charge is 2.13. The van der Waals surface area contributed by atoms with Crippen LogP contribution in [0, 0.1) is 0 Å². The van der Waals surface area contributed by atoms with Gasteiger partial charge in [0.1, 0.15) is 5.75 Å². The van der Waals surface area contributed by atoms with E-state index in [1.807, 2.05) is 0 Å². The molecule has 0 saturated heterocycles. The van der Waals surface area contributed by atoms with E-state index in [0.717, 1.165) is 0 Å². The molecule has 0 aliphatic rings. The van der Waals surface area contributed by atoms with Gasteiger partial charge in [0.2, 0.25) is 0 Å². The van der Waals surface area contributed by atoms with Gasteiger partial charge in [-0.3, -0.25) is 4.79 Å². The Morgan fingerprint density at radius 3 is 2.47 bits per heavy atom. The first-order valence-corrected chi connectivity index (χ1v) is 6.03. The molecule has 0 bridgehead atoms. The van der Waals surface area contributed by atoms with Crippen LogP contribution in [0.1, 0.15) is 27.6 Å². The first kappa shape index (κ1) is 13.3. The Bertz CT molecular complexity index is 635. The van der Waals surface area contributed by atoms with Crippen LogP contribution in [0.3, 0.4) is 0 Å². The van der Waals surface area contributed by atoms with Gasteiger partial charge >= 0.3 is 5.97 Å². The second-order valence-corrected chi connectivity index (χ2v) is 4.39. The van der Waals surface area contributed by atoms with E-state index in [4.69, 9.17) is 16.3 Å². The third-order valence-electron chi connectivity index (χ3n) is 2.53. The number of para-hydroxylation sites is 1. The largest absolute Gasteiger partial charge is 0.422 e. The highest BCUT2D eigenvalue weighted by molar-refractivity contribution is 6.30. The van der Waals surface area contributed by atoms with Gasteiger partial charge in [-0.1, -0.05) is 29.8 Å². The lowest BCUT2D eigenvalue weighted by Crippen LogP contribution is -2.10. The fraction of sp³-hybridized carbons (Fsp3) is 0.0667. The van der Waals surface area contributed by atoms with Crippen LogP contribution in [-0.2, 0) is 0 Å². The molecule has 96 valence electrons. The van der Waals surface area contributed by atoms with E-state index in [1.54, 1.807) is 42.5 Å². The standard InChI is InChI=1S/C15H11ClO3/c1-10(17)13-7-2-3-8-14(13)19-15(18)11-5-4-6-12(16)9-11/h2-9H,1H3. The Hall–Kier alpha value is -2.13. The Balaban J connectivity index is 2.27. The summed E-state index contributed by atoms with van der Waals surface area (Å²) < 4.78 is 5.23. The third-order valence-corrected chi connectivity index (χ3v) is 2.76. The zero-order valence-corrected chi connectivity index (χ0v) is 11.0. The molecule has 2 rings (SSSR count). The fourth-order valence-electron chi connectivity index (χ4n) is 1.62. The maximum Gasteiger partial charge on any atom is 0.343 e. The molecule has 0 amide bonds. The fourth-order valence-corrected chi connectivity index (χ4v) is 1.81. The Morgan fingerprint density at radius 2 is 1.79 bits per heavy atom. The second kappa shape index (κ2) is 5.67. The summed E-state index contributed by atoms with van der Waals surface area (Å²) in [7, 11) is 0. The van der Waals surface area contributed by atoms with Crippen molar-refractivity contribution in [2.24, 2.45) is 0 Å². The van der Waals surface area contributed by atoms with Gasteiger partial charge < -0.3 is 4.74 Å². The molecule has 0 radical (unpaired) electrons. The number of hydrogen-bond acceptors (Lipinski definition) is 3. The lowest BCUT2D eigenvalue weighted by Gasteiger charge is -2.07. The minimum absolute atomic E-state index is 0.158. The number of hydrogen-bond donors (Lipinski definition) is 0. The highest BCUT2D eigenvalue weighted by Crippen LogP contribution is 2.20. The molecular formula is C15H11ClO3. The maximum absolute atomic E-state index is 11.9. The van der Waals surface area contributed by atoms with Crippen molar-refractivity contribution in [1.82, 2.24) is 0 Å². The number of esters is 1. The van der Waals surface area contributed by atoms with E-state index in [-0.39, 0.29) is 11.5 Å². The van der Waals surface area contributed by atoms with Crippen molar-refractivity contribution < 1.29 is 14.3 Å². The molecule has 0 fully saturated rings. The normalized spacial score (nSPS) is 10.0. The molecule has 2 aromatic rings. The lowest BCUT2D eigenvalue weighted by molar-refractivity contribution is 0.0733. The minimum Gasteiger partial charge on any atom is -0.422 e. The molecule has 0 N–H and O–H groups in total. The van der Waals surface area contributed by atoms with Crippen LogP contribution < -0.4 is 4.74 Å². The number of benzene rings is 2. The molecule has 0 aliphatic carbocycles. The van der Waals surface area contributed by atoms with Gasteiger partial charge in [0, 0.05) is 5.02 Å². The number of rotatable bonds is 3. The number of carbonyl (C=O) groups is 2. The van der Waals surface area contributed by atoms with Crippen LogP contribution in [0.2, 0.25) is 5.02 Å². The number of ether oxygens (including phenoxy) is 1. The van der Waals surface area contributed by atoms with Gasteiger partial charge in [-0.15, -0.1) is 0 Å². The molecule has 0 aromatic heterocycles. The smallest absolute Gasteiger partial charge is 0.343 e. The zero-order valence-electron chi connectivity index (χ0n) is 10.2. The Labute approximate surface area is 115 Å². The summed E-state index contributed by atoms with van der Waals surface area (Å²) in [6.45, 7) is 1.42. The molecule has 4 heteroatoms. The molecule has 0 aliphatic heterocycles. The number of halogens is 1. The van der Waals surface area contributed by atoms with E-state index in [1.165, 1.54) is 13.0 Å². The average Bonchev–Trinajstić information content (AvgIpc) is 2.39. The maximum atomic E-state index is 11.9. The molecule has 0 unspecified atom stereocenters. The van der Waals surface area contributed by atoms with E-state index in [0.29, 0.717) is 16.1 Å². The van der Waals surface area contributed by atoms with E-state index in [9.17, 15) is 9.59 Å². The van der Waals surface area contributed by atoms with Crippen molar-refractivity contribution in [3.63, 3.8) is 0 Å². The van der Waals surface area contributed by atoms with Crippen molar-refractivity contribution in [1.29, 1.82) is 0 Å². The molecule has 3 nitrogen and oxygen atoms in total. The SMILES string of the molecule is CC(=O)c1ccccc1OC(=O)c1cccc(Cl)c1. The Kier molecular flexibility index (Phi) is 3.97. The molecule has 19 heavy (non-hydrogen) atoms. The zero-order chi connectivity index (χ0) is 13.8. The lowest BCUT2D eigenvalue weighted by atomic mass is 10.1. The summed E-state index contributed by atoms with van der Waals surface area (Å²) in [5.74, 6) is -0.453. The summed E-state index contributed by atoms with van der Waals surface area (Å²) >= 11 is 5.81. The van der Waals surface area contributed by atoms with Gasteiger partial charge in [0.05, 0.1) is 11.1 Å². The van der Waals surface area contributed by atoms with E-state index >= 15 is 0 Å². The Morgan fingerprint density at radius 1 is 1.05 bits per heavy atom. The van der Waals surface area contributed by atoms with Gasteiger partial charge in [-0.05, 0) is 37.3 Å². The summed E-state index contributed by atoms with van der Waals surface area (Å²) in [5.41, 5.74) is 0.712. The number of Topliss-reactive ketones (excluding diaryl/α,β-unsaturated/α-hetero) is 1. The van der Waals surface area contributed by atoms with Gasteiger partial charge in [0.15, 0.2) is 5.78 Å². The summed E-state index contributed by atoms with van der Waals surface area (Å²) in [4.78, 5) is 23.4. The molecule has 2 aromatic carbocycles. The van der Waals surface area contributed by atoms with Crippen molar-refractivity contribution in [3.8, 4) is 5.75 Å². The predicted octanol–water partition coefficient (Wildman–Crippen LogP) is 3.76. The first-order chi connectivity index (χ1) is 9.08. The topological polar surface area (TPSA) is 43.4 Å². The summed E-state index contributed by atoms with van der Waals surface area (Å²) in [5, 5.41) is 0.453. The van der Waals surface area contributed by atoms with Crippen molar-refractivity contribution in [3.05, 3.63) is 64.7 Å². The van der Waals surface area contributed by atoms with Crippen LogP contribution in [0.25, 0.3) is 0 Å². The van der Waals surface area contributed by atoms with Crippen LogP contribution in [0.5, 0.6) is 5.75 Å². The highest BCUT2D eigenvalue weighted by atomic mass is 35.5. The molecule has 0 heterocycles. The van der Waals surface area contributed by atoms with Crippen LogP contribution >= 0.6 is 11.6 Å². The van der Waals surface area contributed by atoms with E-state index < -0.39 is 5.97 Å². The van der Waals surface area contributed by atoms with Crippen LogP contribution in [0.15, 0.2) is 48.5 Å². The van der Waals surface area contributed by atoms with Crippen molar-refractivity contribution in [2.45, 2.75) is 6.92 Å². The number of ketones is 1. The average molecular weight is 275 g/mol. The first-order valence-electron chi connectivity index (χ1n) is 5.65. The van der Waals surface area contributed by atoms with Gasteiger partial charge in [0.25, 0.3) is 0 Å². The van der Waals surface area contributed by atoms with Crippen molar-refractivity contribution >= 4 is 23.4 Å². The van der Waals surface area contributed by atoms with E-state index in [2.05, 4.69) is 0 Å².